The summed E-state index contributed by atoms with van der Waals surface area (Å²) in [7, 11) is 0. The monoisotopic (exact) mass is 269 g/mol. The van der Waals surface area contributed by atoms with E-state index in [1.807, 2.05) is 36.3 Å². The van der Waals surface area contributed by atoms with Crippen LogP contribution in [0.3, 0.4) is 0 Å². The Morgan fingerprint density at radius 1 is 1.05 bits per heavy atom. The summed E-state index contributed by atoms with van der Waals surface area (Å²) < 4.78 is 5.64. The van der Waals surface area contributed by atoms with Crippen LogP contribution < -0.4 is 5.06 Å². The first-order valence-corrected chi connectivity index (χ1v) is 7.06. The highest BCUT2D eigenvalue weighted by Gasteiger charge is 2.35. The minimum Gasteiger partial charge on any atom is -0.350 e. The van der Waals surface area contributed by atoms with Crippen molar-refractivity contribution < 1.29 is 9.57 Å². The molecule has 3 rings (SSSR count). The Hall–Kier alpha value is -1.84. The summed E-state index contributed by atoms with van der Waals surface area (Å²) in [6, 6.07) is 20.8. The smallest absolute Gasteiger partial charge is 0.186 e. The molecule has 1 fully saturated rings. The molecular weight excluding hydrogens is 250 g/mol. The van der Waals surface area contributed by atoms with E-state index in [0.29, 0.717) is 6.61 Å². The Labute approximate surface area is 119 Å². The maximum atomic E-state index is 5.97. The molecule has 0 spiro atoms. The SMILES string of the molecule is CCOC1CC(c2ccccc2)N(c2ccccc2)O1. The van der Waals surface area contributed by atoms with E-state index in [2.05, 4.69) is 36.4 Å². The minimum absolute atomic E-state index is 0.176. The zero-order valence-electron chi connectivity index (χ0n) is 11.6. The number of hydrogen-bond donors (Lipinski definition) is 0. The quantitative estimate of drug-likeness (QED) is 0.839. The molecule has 104 valence electrons. The van der Waals surface area contributed by atoms with Crippen molar-refractivity contribution in [3.8, 4) is 0 Å². The lowest BCUT2D eigenvalue weighted by molar-refractivity contribution is -0.115. The second kappa shape index (κ2) is 6.07. The maximum absolute atomic E-state index is 5.97. The second-order valence-corrected chi connectivity index (χ2v) is 4.81. The van der Waals surface area contributed by atoms with Crippen molar-refractivity contribution in [1.29, 1.82) is 0 Å². The van der Waals surface area contributed by atoms with E-state index in [0.717, 1.165) is 12.1 Å². The van der Waals surface area contributed by atoms with Crippen molar-refractivity contribution >= 4 is 5.69 Å². The van der Waals surface area contributed by atoms with E-state index in [1.165, 1.54) is 5.56 Å². The van der Waals surface area contributed by atoms with Gasteiger partial charge < -0.3 is 4.74 Å². The zero-order chi connectivity index (χ0) is 13.8. The molecule has 2 aromatic rings. The first kappa shape index (κ1) is 13.2. The molecule has 1 aliphatic rings. The number of ether oxygens (including phenoxy) is 1. The predicted molar refractivity (Wildman–Crippen MR) is 79.2 cm³/mol. The van der Waals surface area contributed by atoms with Crippen LogP contribution in [-0.4, -0.2) is 12.9 Å². The van der Waals surface area contributed by atoms with E-state index < -0.39 is 0 Å². The highest BCUT2D eigenvalue weighted by molar-refractivity contribution is 5.47. The number of anilines is 1. The van der Waals surface area contributed by atoms with Crippen LogP contribution in [0.25, 0.3) is 0 Å². The normalized spacial score (nSPS) is 22.1. The van der Waals surface area contributed by atoms with Gasteiger partial charge in [0.1, 0.15) is 0 Å². The standard InChI is InChI=1S/C17H19NO2/c1-2-19-17-13-16(14-9-5-3-6-10-14)18(20-17)15-11-7-4-8-12-15/h3-12,16-17H,2,13H2,1H3. The summed E-state index contributed by atoms with van der Waals surface area (Å²) in [6.45, 7) is 2.65. The van der Waals surface area contributed by atoms with Gasteiger partial charge in [-0.25, -0.2) is 9.90 Å². The fourth-order valence-corrected chi connectivity index (χ4v) is 2.57. The molecule has 2 aromatic carbocycles. The topological polar surface area (TPSA) is 21.7 Å². The third-order valence-corrected chi connectivity index (χ3v) is 3.48. The highest BCUT2D eigenvalue weighted by atomic mass is 16.8. The Morgan fingerprint density at radius 3 is 2.35 bits per heavy atom. The lowest BCUT2D eigenvalue weighted by atomic mass is 10.0. The van der Waals surface area contributed by atoms with Gasteiger partial charge in [-0.3, -0.25) is 0 Å². The zero-order valence-corrected chi connectivity index (χ0v) is 11.6. The molecule has 0 radical (unpaired) electrons. The molecule has 2 atom stereocenters. The molecule has 3 nitrogen and oxygen atoms in total. The van der Waals surface area contributed by atoms with Gasteiger partial charge in [-0.2, -0.15) is 0 Å². The number of para-hydroxylation sites is 1. The highest BCUT2D eigenvalue weighted by Crippen LogP contribution is 2.38. The molecule has 0 amide bonds. The van der Waals surface area contributed by atoms with Crippen LogP contribution in [-0.2, 0) is 9.57 Å². The summed E-state index contributed by atoms with van der Waals surface area (Å²) in [5, 5.41) is 1.97. The fourth-order valence-electron chi connectivity index (χ4n) is 2.57. The molecule has 20 heavy (non-hydrogen) atoms. The summed E-state index contributed by atoms with van der Waals surface area (Å²) in [5.41, 5.74) is 2.31. The molecule has 0 aliphatic carbocycles. The number of hydrogen-bond acceptors (Lipinski definition) is 3. The van der Waals surface area contributed by atoms with Gasteiger partial charge in [0.2, 0.25) is 0 Å². The van der Waals surface area contributed by atoms with Crippen LogP contribution in [0, 0.1) is 0 Å². The van der Waals surface area contributed by atoms with Gasteiger partial charge in [-0.1, -0.05) is 48.5 Å². The molecule has 0 aromatic heterocycles. The summed E-state index contributed by atoms with van der Waals surface area (Å²) in [4.78, 5) is 5.97. The Kier molecular flexibility index (Phi) is 4.00. The van der Waals surface area contributed by atoms with Crippen molar-refractivity contribution in [2.24, 2.45) is 0 Å². The lowest BCUT2D eigenvalue weighted by Crippen LogP contribution is -2.22. The van der Waals surface area contributed by atoms with Crippen LogP contribution >= 0.6 is 0 Å². The van der Waals surface area contributed by atoms with Crippen molar-refractivity contribution in [1.82, 2.24) is 0 Å². The molecule has 2 unspecified atom stereocenters. The van der Waals surface area contributed by atoms with Crippen LogP contribution in [0.2, 0.25) is 0 Å². The molecule has 3 heteroatoms. The Morgan fingerprint density at radius 2 is 1.70 bits per heavy atom. The van der Waals surface area contributed by atoms with Crippen molar-refractivity contribution in [2.75, 3.05) is 11.7 Å². The van der Waals surface area contributed by atoms with Crippen molar-refractivity contribution in [3.63, 3.8) is 0 Å². The molecule has 1 saturated heterocycles. The average Bonchev–Trinajstić information content (AvgIpc) is 2.93. The van der Waals surface area contributed by atoms with Crippen molar-refractivity contribution in [3.05, 3.63) is 66.2 Å². The van der Waals surface area contributed by atoms with Gasteiger partial charge in [-0.15, -0.1) is 0 Å². The molecule has 1 aliphatic heterocycles. The van der Waals surface area contributed by atoms with Gasteiger partial charge in [0.15, 0.2) is 6.29 Å². The second-order valence-electron chi connectivity index (χ2n) is 4.81. The van der Waals surface area contributed by atoms with Crippen LogP contribution in [0.15, 0.2) is 60.7 Å². The minimum atomic E-state index is -0.176. The van der Waals surface area contributed by atoms with Crippen LogP contribution in [0.4, 0.5) is 5.69 Å². The van der Waals surface area contributed by atoms with Gasteiger partial charge in [0.05, 0.1) is 11.7 Å². The molecule has 1 heterocycles. The largest absolute Gasteiger partial charge is 0.350 e. The third kappa shape index (κ3) is 2.69. The number of rotatable bonds is 4. The summed E-state index contributed by atoms with van der Waals surface area (Å²) in [5.74, 6) is 0. The fraction of sp³-hybridized carbons (Fsp3) is 0.294. The van der Waals surface area contributed by atoms with E-state index in [9.17, 15) is 0 Å². The van der Waals surface area contributed by atoms with Gasteiger partial charge in [-0.05, 0) is 24.6 Å². The molecule has 0 bridgehead atoms. The van der Waals surface area contributed by atoms with Crippen LogP contribution in [0.1, 0.15) is 24.9 Å². The first-order valence-electron chi connectivity index (χ1n) is 7.06. The first-order chi connectivity index (χ1) is 9.88. The van der Waals surface area contributed by atoms with E-state index in [-0.39, 0.29) is 12.3 Å². The van der Waals surface area contributed by atoms with Gasteiger partial charge in [0, 0.05) is 13.0 Å². The summed E-state index contributed by atoms with van der Waals surface area (Å²) in [6.07, 6.45) is 0.664. The van der Waals surface area contributed by atoms with Gasteiger partial charge in [0.25, 0.3) is 0 Å². The number of benzene rings is 2. The summed E-state index contributed by atoms with van der Waals surface area (Å²) >= 11 is 0. The average molecular weight is 269 g/mol. The lowest BCUT2D eigenvalue weighted by Gasteiger charge is -2.24. The third-order valence-electron chi connectivity index (χ3n) is 3.48. The van der Waals surface area contributed by atoms with Crippen molar-refractivity contribution in [2.45, 2.75) is 25.7 Å². The van der Waals surface area contributed by atoms with Gasteiger partial charge >= 0.3 is 0 Å². The number of nitrogens with zero attached hydrogens (tertiary/aromatic N) is 1. The van der Waals surface area contributed by atoms with E-state index in [4.69, 9.17) is 9.57 Å². The van der Waals surface area contributed by atoms with E-state index in [1.54, 1.807) is 0 Å². The predicted octanol–water partition coefficient (Wildman–Crippen LogP) is 3.93. The Bertz CT molecular complexity index is 482. The van der Waals surface area contributed by atoms with E-state index >= 15 is 0 Å². The number of hydroxylamine groups is 1. The molecule has 0 N–H and O–H groups in total. The Balaban J connectivity index is 1.89. The maximum Gasteiger partial charge on any atom is 0.186 e. The molecule has 0 saturated carbocycles. The van der Waals surface area contributed by atoms with Crippen LogP contribution in [0.5, 0.6) is 0 Å². The molecular formula is C17H19NO2.